The molecule has 2 N–H and O–H groups in total. The molecule has 0 amide bonds. The first-order valence-corrected chi connectivity index (χ1v) is 11.9. The zero-order valence-corrected chi connectivity index (χ0v) is 19.4. The molecule has 0 aromatic rings. The largest absolute Gasteiger partial charge is 0.376 e. The molecule has 0 bridgehead atoms. The van der Waals surface area contributed by atoms with Crippen LogP contribution in [0, 0.1) is 0 Å². The van der Waals surface area contributed by atoms with Crippen LogP contribution >= 0.6 is 0 Å². The molecule has 0 unspecified atom stereocenters. The Kier molecular flexibility index (Phi) is 15.7. The van der Waals surface area contributed by atoms with Gasteiger partial charge in [0.15, 0.2) is 0 Å². The Morgan fingerprint density at radius 3 is 1.00 bits per heavy atom. The fourth-order valence-corrected chi connectivity index (χ4v) is 4.03. The van der Waals surface area contributed by atoms with Crippen molar-refractivity contribution in [1.82, 2.24) is 4.90 Å². The van der Waals surface area contributed by atoms with Crippen molar-refractivity contribution >= 4 is 0 Å². The summed E-state index contributed by atoms with van der Waals surface area (Å²) in [4.78, 5) is 1.78. The summed E-state index contributed by atoms with van der Waals surface area (Å²) in [7, 11) is 0. The predicted molar refractivity (Wildman–Crippen MR) is 119 cm³/mol. The van der Waals surface area contributed by atoms with E-state index in [1.165, 1.54) is 96.3 Å². The van der Waals surface area contributed by atoms with Crippen molar-refractivity contribution in [3.63, 3.8) is 0 Å². The van der Waals surface area contributed by atoms with E-state index in [0.29, 0.717) is 0 Å². The van der Waals surface area contributed by atoms with Gasteiger partial charge in [0.1, 0.15) is 11.4 Å². The maximum Gasteiger partial charge on any atom is 0.115 e. The molecule has 3 heteroatoms. The van der Waals surface area contributed by atoms with Gasteiger partial charge in [0, 0.05) is 6.54 Å². The second kappa shape index (κ2) is 15.8. The van der Waals surface area contributed by atoms with Gasteiger partial charge in [-0.1, -0.05) is 103 Å². The first kappa shape index (κ1) is 26.9. The summed E-state index contributed by atoms with van der Waals surface area (Å²) in [5.41, 5.74) is -1.96. The van der Waals surface area contributed by atoms with Gasteiger partial charge in [-0.25, -0.2) is 4.90 Å². The number of hydrogen-bond donors (Lipinski definition) is 2. The first-order valence-electron chi connectivity index (χ1n) is 11.9. The van der Waals surface area contributed by atoms with Crippen LogP contribution in [0.5, 0.6) is 0 Å². The molecule has 27 heavy (non-hydrogen) atoms. The van der Waals surface area contributed by atoms with E-state index < -0.39 is 11.4 Å². The second-order valence-electron chi connectivity index (χ2n) is 9.44. The summed E-state index contributed by atoms with van der Waals surface area (Å²) in [6.07, 6.45) is 21.8. The average Bonchev–Trinajstić information content (AvgIpc) is 2.55. The molecule has 164 valence electrons. The molecular formula is C24H51NO2. The van der Waals surface area contributed by atoms with Gasteiger partial charge in [0.25, 0.3) is 0 Å². The fraction of sp³-hybridized carbons (Fsp3) is 1.00. The van der Waals surface area contributed by atoms with Crippen LogP contribution in [0.2, 0.25) is 0 Å². The van der Waals surface area contributed by atoms with Gasteiger partial charge >= 0.3 is 0 Å². The van der Waals surface area contributed by atoms with Gasteiger partial charge in [-0.05, 0) is 34.1 Å². The smallest absolute Gasteiger partial charge is 0.115 e. The van der Waals surface area contributed by atoms with Gasteiger partial charge in [-0.15, -0.1) is 0 Å². The van der Waals surface area contributed by atoms with E-state index in [-0.39, 0.29) is 0 Å². The second-order valence-corrected chi connectivity index (χ2v) is 9.44. The minimum Gasteiger partial charge on any atom is -0.376 e. The number of nitrogens with zero attached hydrogens (tertiary/aromatic N) is 1. The van der Waals surface area contributed by atoms with Crippen molar-refractivity contribution in [2.45, 2.75) is 149 Å². The molecule has 0 spiro atoms. The minimum absolute atomic E-state index is 0.742. The lowest BCUT2D eigenvalue weighted by Crippen LogP contribution is -2.55. The maximum atomic E-state index is 10.2. The first-order chi connectivity index (χ1) is 12.7. The van der Waals surface area contributed by atoms with Crippen LogP contribution in [0.1, 0.15) is 137 Å². The molecule has 0 fully saturated rings. The average molecular weight is 386 g/mol. The summed E-state index contributed by atoms with van der Waals surface area (Å²) >= 11 is 0. The van der Waals surface area contributed by atoms with E-state index in [9.17, 15) is 10.2 Å². The van der Waals surface area contributed by atoms with Crippen molar-refractivity contribution in [1.29, 1.82) is 0 Å². The van der Waals surface area contributed by atoms with E-state index >= 15 is 0 Å². The Morgan fingerprint density at radius 2 is 0.741 bits per heavy atom. The molecule has 0 aliphatic carbocycles. The molecule has 3 nitrogen and oxygen atoms in total. The number of aliphatic hydroxyl groups is 2. The van der Waals surface area contributed by atoms with E-state index in [1.807, 2.05) is 0 Å². The normalized spacial score (nSPS) is 12.9. The van der Waals surface area contributed by atoms with Crippen LogP contribution in [-0.2, 0) is 0 Å². The molecule has 0 saturated carbocycles. The molecule has 0 aromatic carbocycles. The molecule has 0 atom stereocenters. The summed E-state index contributed by atoms with van der Waals surface area (Å²) in [6.45, 7) is 10.0. The Bertz CT molecular complexity index is 303. The third kappa shape index (κ3) is 16.5. The highest BCUT2D eigenvalue weighted by Crippen LogP contribution is 2.22. The lowest BCUT2D eigenvalue weighted by molar-refractivity contribution is -0.200. The lowest BCUT2D eigenvalue weighted by Gasteiger charge is -2.42. The summed E-state index contributed by atoms with van der Waals surface area (Å²) in [5.74, 6) is 0. The monoisotopic (exact) mass is 385 g/mol. The van der Waals surface area contributed by atoms with Crippen LogP contribution in [0.15, 0.2) is 0 Å². The van der Waals surface area contributed by atoms with Gasteiger partial charge in [0.05, 0.1) is 0 Å². The Hall–Kier alpha value is -0.120. The molecule has 0 aromatic heterocycles. The zero-order chi connectivity index (χ0) is 20.6. The van der Waals surface area contributed by atoms with Crippen LogP contribution in [0.4, 0.5) is 0 Å². The maximum absolute atomic E-state index is 10.2. The van der Waals surface area contributed by atoms with E-state index in [0.717, 1.165) is 13.0 Å². The molecule has 0 saturated heterocycles. The summed E-state index contributed by atoms with van der Waals surface area (Å²) < 4.78 is 0. The Morgan fingerprint density at radius 1 is 0.481 bits per heavy atom. The van der Waals surface area contributed by atoms with Crippen molar-refractivity contribution in [2.75, 3.05) is 6.54 Å². The van der Waals surface area contributed by atoms with Crippen molar-refractivity contribution in [3.05, 3.63) is 0 Å². The highest BCUT2D eigenvalue weighted by atomic mass is 16.3. The molecule has 0 heterocycles. The van der Waals surface area contributed by atoms with Crippen LogP contribution < -0.4 is 0 Å². The van der Waals surface area contributed by atoms with E-state index in [2.05, 4.69) is 6.92 Å². The highest BCUT2D eigenvalue weighted by Gasteiger charge is 2.34. The van der Waals surface area contributed by atoms with Crippen LogP contribution in [0.3, 0.4) is 0 Å². The number of unbranched alkanes of at least 4 members (excludes halogenated alkanes) is 15. The zero-order valence-electron chi connectivity index (χ0n) is 19.4. The van der Waals surface area contributed by atoms with E-state index in [4.69, 9.17) is 0 Å². The molecule has 0 rings (SSSR count). The number of hydrogen-bond acceptors (Lipinski definition) is 3. The fourth-order valence-electron chi connectivity index (χ4n) is 4.03. The topological polar surface area (TPSA) is 43.7 Å². The third-order valence-corrected chi connectivity index (χ3v) is 5.56. The number of rotatable bonds is 19. The molecular weight excluding hydrogens is 334 g/mol. The standard InChI is InChI=1S/C24H51NO2/c1-6-7-8-9-10-11-12-13-14-15-16-17-18-19-20-21-22-25(23(2,3)26)24(4,5)27/h26-27H,6-22H2,1-5H3. The molecule has 0 aliphatic rings. The SMILES string of the molecule is CCCCCCCCCCCCCCCCCCN(C(C)(C)O)C(C)(C)O. The minimum atomic E-state index is -0.978. The van der Waals surface area contributed by atoms with Gasteiger partial charge in [-0.2, -0.15) is 0 Å². The third-order valence-electron chi connectivity index (χ3n) is 5.56. The van der Waals surface area contributed by atoms with Crippen molar-refractivity contribution in [3.8, 4) is 0 Å². The highest BCUT2D eigenvalue weighted by molar-refractivity contribution is 4.78. The predicted octanol–water partition coefficient (Wildman–Crippen LogP) is 7.01. The summed E-state index contributed by atoms with van der Waals surface area (Å²) in [5, 5.41) is 20.4. The van der Waals surface area contributed by atoms with Gasteiger partial charge < -0.3 is 10.2 Å². The van der Waals surface area contributed by atoms with Crippen molar-refractivity contribution < 1.29 is 10.2 Å². The van der Waals surface area contributed by atoms with Crippen LogP contribution in [-0.4, -0.2) is 33.1 Å². The van der Waals surface area contributed by atoms with E-state index in [1.54, 1.807) is 32.6 Å². The lowest BCUT2D eigenvalue weighted by atomic mass is 10.0. The Labute approximate surface area is 170 Å². The summed E-state index contributed by atoms with van der Waals surface area (Å²) in [6, 6.07) is 0. The quantitative estimate of drug-likeness (QED) is 0.186. The van der Waals surface area contributed by atoms with Gasteiger partial charge in [-0.3, -0.25) is 0 Å². The molecule has 0 aliphatic heterocycles. The van der Waals surface area contributed by atoms with Crippen molar-refractivity contribution in [2.24, 2.45) is 0 Å². The van der Waals surface area contributed by atoms with Crippen LogP contribution in [0.25, 0.3) is 0 Å². The Balaban J connectivity index is 3.40. The van der Waals surface area contributed by atoms with Gasteiger partial charge in [0.2, 0.25) is 0 Å². The molecule has 0 radical (unpaired) electrons.